The van der Waals surface area contributed by atoms with Crippen LogP contribution in [0.15, 0.2) is 27.5 Å². The third-order valence-electron chi connectivity index (χ3n) is 3.72. The number of piperidine rings is 1. The lowest BCUT2D eigenvalue weighted by Crippen LogP contribution is -2.39. The van der Waals surface area contributed by atoms with Gasteiger partial charge in [-0.25, -0.2) is 13.4 Å². The summed E-state index contributed by atoms with van der Waals surface area (Å²) in [6, 6.07) is 4.87. The van der Waals surface area contributed by atoms with Crippen molar-refractivity contribution in [3.8, 4) is 0 Å². The first-order chi connectivity index (χ1) is 9.46. The topological polar surface area (TPSA) is 63.4 Å². The summed E-state index contributed by atoms with van der Waals surface area (Å²) in [6.45, 7) is 5.03. The minimum Gasteiger partial charge on any atom is -0.441 e. The van der Waals surface area contributed by atoms with E-state index in [4.69, 9.17) is 4.42 Å². The van der Waals surface area contributed by atoms with E-state index in [1.165, 1.54) is 0 Å². The van der Waals surface area contributed by atoms with Gasteiger partial charge in [-0.3, -0.25) is 0 Å². The van der Waals surface area contributed by atoms with Crippen molar-refractivity contribution in [2.75, 3.05) is 13.1 Å². The summed E-state index contributed by atoms with van der Waals surface area (Å²) in [5, 5.41) is 0. The molecule has 3 rings (SSSR count). The highest BCUT2D eigenvalue weighted by molar-refractivity contribution is 7.89. The normalized spacial score (nSPS) is 21.4. The molecule has 0 radical (unpaired) electrons. The number of aromatic nitrogens is 1. The third kappa shape index (κ3) is 2.33. The molecular weight excluding hydrogens is 276 g/mol. The SMILES string of the molecule is Cc1nc2cc(S(=O)(=O)N3CCCC(C)C3)ccc2o1. The van der Waals surface area contributed by atoms with Crippen LogP contribution in [0.2, 0.25) is 0 Å². The number of rotatable bonds is 2. The first-order valence-corrected chi connectivity index (χ1v) is 8.28. The van der Waals surface area contributed by atoms with Crippen LogP contribution in [0.4, 0.5) is 0 Å². The zero-order valence-corrected chi connectivity index (χ0v) is 12.5. The zero-order valence-electron chi connectivity index (χ0n) is 11.7. The van der Waals surface area contributed by atoms with Crippen LogP contribution in [0.25, 0.3) is 11.1 Å². The molecule has 0 amide bonds. The van der Waals surface area contributed by atoms with Crippen molar-refractivity contribution >= 4 is 21.1 Å². The van der Waals surface area contributed by atoms with Gasteiger partial charge in [-0.15, -0.1) is 0 Å². The van der Waals surface area contributed by atoms with Crippen molar-refractivity contribution < 1.29 is 12.8 Å². The highest BCUT2D eigenvalue weighted by Crippen LogP contribution is 2.26. The van der Waals surface area contributed by atoms with Gasteiger partial charge < -0.3 is 4.42 Å². The molecule has 1 aliphatic heterocycles. The summed E-state index contributed by atoms with van der Waals surface area (Å²) in [5.74, 6) is 0.956. The highest BCUT2D eigenvalue weighted by atomic mass is 32.2. The summed E-state index contributed by atoms with van der Waals surface area (Å²) in [4.78, 5) is 4.50. The predicted octanol–water partition coefficient (Wildman–Crippen LogP) is 2.56. The molecule has 2 aromatic rings. The van der Waals surface area contributed by atoms with Crippen molar-refractivity contribution in [1.82, 2.24) is 9.29 Å². The first-order valence-electron chi connectivity index (χ1n) is 6.84. The molecule has 0 N–H and O–H groups in total. The van der Waals surface area contributed by atoms with Gasteiger partial charge in [-0.2, -0.15) is 4.31 Å². The number of benzene rings is 1. The van der Waals surface area contributed by atoms with Gasteiger partial charge in [0.05, 0.1) is 4.90 Å². The molecule has 1 fully saturated rings. The number of nitrogens with zero attached hydrogens (tertiary/aromatic N) is 2. The van der Waals surface area contributed by atoms with Gasteiger partial charge in [0.2, 0.25) is 10.0 Å². The average molecular weight is 294 g/mol. The van der Waals surface area contributed by atoms with E-state index in [9.17, 15) is 8.42 Å². The largest absolute Gasteiger partial charge is 0.441 e. The van der Waals surface area contributed by atoms with Gasteiger partial charge in [0, 0.05) is 20.0 Å². The molecule has 1 unspecified atom stereocenters. The van der Waals surface area contributed by atoms with Gasteiger partial charge in [-0.05, 0) is 37.0 Å². The quantitative estimate of drug-likeness (QED) is 0.854. The Morgan fingerprint density at radius 2 is 2.20 bits per heavy atom. The summed E-state index contributed by atoms with van der Waals surface area (Å²) in [7, 11) is -3.43. The maximum Gasteiger partial charge on any atom is 0.243 e. The van der Waals surface area contributed by atoms with E-state index in [1.54, 1.807) is 29.4 Å². The van der Waals surface area contributed by atoms with Gasteiger partial charge in [0.1, 0.15) is 5.52 Å². The van der Waals surface area contributed by atoms with Crippen molar-refractivity contribution in [3.63, 3.8) is 0 Å². The predicted molar refractivity (Wildman–Crippen MR) is 75.9 cm³/mol. The van der Waals surface area contributed by atoms with Crippen LogP contribution in [0.5, 0.6) is 0 Å². The summed E-state index contributed by atoms with van der Waals surface area (Å²) >= 11 is 0. The van der Waals surface area contributed by atoms with E-state index < -0.39 is 10.0 Å². The molecule has 0 aliphatic carbocycles. The zero-order chi connectivity index (χ0) is 14.3. The molecule has 0 spiro atoms. The molecule has 2 heterocycles. The van der Waals surface area contributed by atoms with Gasteiger partial charge in [-0.1, -0.05) is 6.92 Å². The van der Waals surface area contributed by atoms with Crippen molar-refractivity contribution in [3.05, 3.63) is 24.1 Å². The molecule has 6 heteroatoms. The maximum atomic E-state index is 12.7. The molecule has 0 saturated carbocycles. The second kappa shape index (κ2) is 4.86. The number of hydrogen-bond donors (Lipinski definition) is 0. The lowest BCUT2D eigenvalue weighted by atomic mass is 10.0. The number of sulfonamides is 1. The van der Waals surface area contributed by atoms with Gasteiger partial charge >= 0.3 is 0 Å². The highest BCUT2D eigenvalue weighted by Gasteiger charge is 2.29. The second-order valence-electron chi connectivity index (χ2n) is 5.47. The van der Waals surface area contributed by atoms with Gasteiger partial charge in [0.15, 0.2) is 11.5 Å². The molecule has 5 nitrogen and oxygen atoms in total. The van der Waals surface area contributed by atoms with E-state index in [0.29, 0.717) is 40.9 Å². The summed E-state index contributed by atoms with van der Waals surface area (Å²) in [6.07, 6.45) is 2.01. The molecule has 1 atom stereocenters. The Bertz CT molecular complexity index is 736. The minimum absolute atomic E-state index is 0.299. The Morgan fingerprint density at radius 3 is 2.95 bits per heavy atom. The number of aryl methyl sites for hydroxylation is 1. The van der Waals surface area contributed by atoms with Crippen LogP contribution in [-0.2, 0) is 10.0 Å². The molecule has 108 valence electrons. The second-order valence-corrected chi connectivity index (χ2v) is 7.41. The Labute approximate surface area is 118 Å². The smallest absolute Gasteiger partial charge is 0.243 e. The van der Waals surface area contributed by atoms with Gasteiger partial charge in [0.25, 0.3) is 0 Å². The fourth-order valence-corrected chi connectivity index (χ4v) is 4.32. The Morgan fingerprint density at radius 1 is 1.40 bits per heavy atom. The van der Waals surface area contributed by atoms with E-state index >= 15 is 0 Å². The average Bonchev–Trinajstić information content (AvgIpc) is 2.77. The third-order valence-corrected chi connectivity index (χ3v) is 5.58. The van der Waals surface area contributed by atoms with E-state index in [1.807, 2.05) is 0 Å². The lowest BCUT2D eigenvalue weighted by Gasteiger charge is -2.29. The summed E-state index contributed by atoms with van der Waals surface area (Å²) < 4.78 is 32.3. The van der Waals surface area contributed by atoms with Crippen LogP contribution in [-0.4, -0.2) is 30.8 Å². The number of oxazole rings is 1. The van der Waals surface area contributed by atoms with Crippen molar-refractivity contribution in [2.45, 2.75) is 31.6 Å². The molecule has 0 bridgehead atoms. The summed E-state index contributed by atoms with van der Waals surface area (Å²) in [5.41, 5.74) is 1.21. The molecule has 20 heavy (non-hydrogen) atoms. The Balaban J connectivity index is 1.99. The Hall–Kier alpha value is -1.40. The fourth-order valence-electron chi connectivity index (χ4n) is 2.70. The van der Waals surface area contributed by atoms with Crippen molar-refractivity contribution in [1.29, 1.82) is 0 Å². The maximum absolute atomic E-state index is 12.7. The number of hydrogen-bond acceptors (Lipinski definition) is 4. The molecule has 1 aromatic heterocycles. The van der Waals surface area contributed by atoms with E-state index in [2.05, 4.69) is 11.9 Å². The molecule has 1 aliphatic rings. The van der Waals surface area contributed by atoms with Crippen molar-refractivity contribution in [2.24, 2.45) is 5.92 Å². The lowest BCUT2D eigenvalue weighted by molar-refractivity contribution is 0.281. The van der Waals surface area contributed by atoms with E-state index in [-0.39, 0.29) is 0 Å². The van der Waals surface area contributed by atoms with Crippen LogP contribution < -0.4 is 0 Å². The van der Waals surface area contributed by atoms with E-state index in [0.717, 1.165) is 12.8 Å². The van der Waals surface area contributed by atoms with Crippen LogP contribution in [0, 0.1) is 12.8 Å². The number of fused-ring (bicyclic) bond motifs is 1. The van der Waals surface area contributed by atoms with Crippen LogP contribution in [0.3, 0.4) is 0 Å². The monoisotopic (exact) mass is 294 g/mol. The minimum atomic E-state index is -3.43. The van der Waals surface area contributed by atoms with Crippen LogP contribution >= 0.6 is 0 Å². The first kappa shape index (κ1) is 13.6. The molecular formula is C14H18N2O3S. The fraction of sp³-hybridized carbons (Fsp3) is 0.500. The standard InChI is InChI=1S/C14H18N2O3S/c1-10-4-3-7-16(9-10)20(17,18)12-5-6-14-13(8-12)15-11(2)19-14/h5-6,8,10H,3-4,7,9H2,1-2H3. The Kier molecular flexibility index (Phi) is 3.30. The van der Waals surface area contributed by atoms with Crippen LogP contribution in [0.1, 0.15) is 25.7 Å². The molecule has 1 aromatic carbocycles. The molecule has 1 saturated heterocycles.